The van der Waals surface area contributed by atoms with Crippen LogP contribution in [0.4, 0.5) is 0 Å². The quantitative estimate of drug-likeness (QED) is 0.598. The Morgan fingerprint density at radius 2 is 2.55 bits per heavy atom. The summed E-state index contributed by atoms with van der Waals surface area (Å²) in [6, 6.07) is 1.96. The Morgan fingerprint density at radius 3 is 3.36 bits per heavy atom. The summed E-state index contributed by atoms with van der Waals surface area (Å²) in [5, 5.41) is 0. The first-order valence-corrected chi connectivity index (χ1v) is 4.10. The van der Waals surface area contributed by atoms with Crippen molar-refractivity contribution in [2.45, 2.75) is 12.3 Å². The zero-order valence-corrected chi connectivity index (χ0v) is 6.77. The van der Waals surface area contributed by atoms with E-state index in [9.17, 15) is 0 Å². The smallest absolute Gasteiger partial charge is 0.141 e. The minimum atomic E-state index is 0.504. The number of aromatic nitrogens is 1. The van der Waals surface area contributed by atoms with E-state index in [-0.39, 0.29) is 0 Å². The van der Waals surface area contributed by atoms with Gasteiger partial charge < -0.3 is 4.74 Å². The number of nitrogens with zero attached hydrogens (tertiary/aromatic N) is 1. The second kappa shape index (κ2) is 2.70. The number of hydrogen-bond acceptors (Lipinski definition) is 2. The van der Waals surface area contributed by atoms with E-state index in [1.807, 2.05) is 6.07 Å². The topological polar surface area (TPSA) is 22.1 Å². The molecule has 2 heterocycles. The Labute approximate surface area is 70.2 Å². The van der Waals surface area contributed by atoms with Crippen molar-refractivity contribution in [1.82, 2.24) is 4.98 Å². The summed E-state index contributed by atoms with van der Waals surface area (Å²) in [5.41, 5.74) is 2.08. The molecule has 0 bridgehead atoms. The number of halogens is 1. The molecule has 0 saturated carbocycles. The van der Waals surface area contributed by atoms with Gasteiger partial charge in [-0.25, -0.2) is 0 Å². The third-order valence-electron chi connectivity index (χ3n) is 1.74. The Morgan fingerprint density at radius 1 is 1.64 bits per heavy atom. The van der Waals surface area contributed by atoms with Gasteiger partial charge in [-0.2, -0.15) is 0 Å². The van der Waals surface area contributed by atoms with E-state index in [2.05, 4.69) is 4.98 Å². The van der Waals surface area contributed by atoms with Gasteiger partial charge in [0.2, 0.25) is 0 Å². The van der Waals surface area contributed by atoms with E-state index in [0.29, 0.717) is 5.88 Å². The van der Waals surface area contributed by atoms with Crippen molar-refractivity contribution >= 4 is 11.6 Å². The van der Waals surface area contributed by atoms with Crippen LogP contribution in [0.1, 0.15) is 11.3 Å². The van der Waals surface area contributed by atoms with Crippen LogP contribution in [0.2, 0.25) is 0 Å². The molecule has 0 N–H and O–H groups in total. The summed E-state index contributed by atoms with van der Waals surface area (Å²) in [6.07, 6.45) is 2.73. The highest BCUT2D eigenvalue weighted by atomic mass is 35.5. The Kier molecular flexibility index (Phi) is 1.70. The highest BCUT2D eigenvalue weighted by Crippen LogP contribution is 2.24. The van der Waals surface area contributed by atoms with E-state index in [1.54, 1.807) is 6.20 Å². The lowest BCUT2D eigenvalue weighted by molar-refractivity contribution is 0.356. The van der Waals surface area contributed by atoms with Crippen LogP contribution < -0.4 is 4.74 Å². The lowest BCUT2D eigenvalue weighted by Crippen LogP contribution is -1.86. The Bertz CT molecular complexity index is 275. The standard InChI is InChI=1S/C8H8ClNO/c9-4-6-3-8-7(10-5-6)1-2-11-8/h3,5H,1-2,4H2. The van der Waals surface area contributed by atoms with E-state index >= 15 is 0 Å². The molecular formula is C8H8ClNO. The average molecular weight is 170 g/mol. The second-order valence-electron chi connectivity index (χ2n) is 2.52. The molecular weight excluding hydrogens is 162 g/mol. The molecule has 0 fully saturated rings. The van der Waals surface area contributed by atoms with Gasteiger partial charge in [-0.15, -0.1) is 11.6 Å². The van der Waals surface area contributed by atoms with E-state index in [1.165, 1.54) is 0 Å². The molecule has 1 aliphatic heterocycles. The van der Waals surface area contributed by atoms with Gasteiger partial charge in [0, 0.05) is 18.5 Å². The van der Waals surface area contributed by atoms with Crippen molar-refractivity contribution in [3.8, 4) is 5.75 Å². The maximum atomic E-state index is 5.63. The first-order chi connectivity index (χ1) is 5.40. The molecule has 11 heavy (non-hydrogen) atoms. The van der Waals surface area contributed by atoms with Gasteiger partial charge in [-0.3, -0.25) is 4.98 Å². The number of fused-ring (bicyclic) bond motifs is 1. The van der Waals surface area contributed by atoms with Crippen molar-refractivity contribution in [3.63, 3.8) is 0 Å². The highest BCUT2D eigenvalue weighted by molar-refractivity contribution is 6.17. The van der Waals surface area contributed by atoms with Crippen LogP contribution in [0.5, 0.6) is 5.75 Å². The lowest BCUT2D eigenvalue weighted by Gasteiger charge is -1.98. The fraction of sp³-hybridized carbons (Fsp3) is 0.375. The molecule has 1 aromatic heterocycles. The summed E-state index contributed by atoms with van der Waals surface area (Å²) in [5.74, 6) is 1.41. The lowest BCUT2D eigenvalue weighted by atomic mass is 10.2. The molecule has 0 saturated heterocycles. The largest absolute Gasteiger partial charge is 0.491 e. The summed E-state index contributed by atoms with van der Waals surface area (Å²) in [4.78, 5) is 4.22. The molecule has 58 valence electrons. The molecule has 0 unspecified atom stereocenters. The molecule has 0 aromatic carbocycles. The molecule has 0 spiro atoms. The maximum absolute atomic E-state index is 5.63. The van der Waals surface area contributed by atoms with Gasteiger partial charge in [0.15, 0.2) is 0 Å². The third kappa shape index (κ3) is 1.18. The SMILES string of the molecule is ClCc1cnc2c(c1)OCC2. The number of alkyl halides is 1. The fourth-order valence-electron chi connectivity index (χ4n) is 1.16. The molecule has 2 nitrogen and oxygen atoms in total. The van der Waals surface area contributed by atoms with Gasteiger partial charge in [-0.05, 0) is 11.6 Å². The maximum Gasteiger partial charge on any atom is 0.141 e. The molecule has 0 amide bonds. The van der Waals surface area contributed by atoms with Gasteiger partial charge in [0.1, 0.15) is 5.75 Å². The van der Waals surface area contributed by atoms with Gasteiger partial charge in [0.25, 0.3) is 0 Å². The van der Waals surface area contributed by atoms with E-state index in [0.717, 1.165) is 30.0 Å². The third-order valence-corrected chi connectivity index (χ3v) is 2.05. The van der Waals surface area contributed by atoms with Crippen molar-refractivity contribution in [2.24, 2.45) is 0 Å². The number of hydrogen-bond donors (Lipinski definition) is 0. The summed E-state index contributed by atoms with van der Waals surface area (Å²) < 4.78 is 5.32. The van der Waals surface area contributed by atoms with E-state index in [4.69, 9.17) is 16.3 Å². The normalized spacial score (nSPS) is 14.3. The first kappa shape index (κ1) is 6.92. The molecule has 2 rings (SSSR count). The monoisotopic (exact) mass is 169 g/mol. The molecule has 0 atom stereocenters. The van der Waals surface area contributed by atoms with Gasteiger partial charge >= 0.3 is 0 Å². The van der Waals surface area contributed by atoms with Crippen LogP contribution in [0, 0.1) is 0 Å². The second-order valence-corrected chi connectivity index (χ2v) is 2.79. The summed E-state index contributed by atoms with van der Waals surface area (Å²) in [7, 11) is 0. The van der Waals surface area contributed by atoms with Crippen molar-refractivity contribution in [1.29, 1.82) is 0 Å². The van der Waals surface area contributed by atoms with Crippen LogP contribution >= 0.6 is 11.6 Å². The number of pyridine rings is 1. The first-order valence-electron chi connectivity index (χ1n) is 3.56. The van der Waals surface area contributed by atoms with Crippen molar-refractivity contribution < 1.29 is 4.74 Å². The van der Waals surface area contributed by atoms with Crippen LogP contribution in [-0.2, 0) is 12.3 Å². The predicted octanol–water partition coefficient (Wildman–Crippen LogP) is 1.76. The zero-order chi connectivity index (χ0) is 7.68. The molecule has 1 aromatic rings. The number of ether oxygens (including phenoxy) is 1. The molecule has 0 radical (unpaired) electrons. The molecule has 3 heteroatoms. The minimum Gasteiger partial charge on any atom is -0.491 e. The predicted molar refractivity (Wildman–Crippen MR) is 43.0 cm³/mol. The zero-order valence-electron chi connectivity index (χ0n) is 6.01. The van der Waals surface area contributed by atoms with Crippen LogP contribution in [0.25, 0.3) is 0 Å². The summed E-state index contributed by atoms with van der Waals surface area (Å²) in [6.45, 7) is 0.758. The van der Waals surface area contributed by atoms with Crippen LogP contribution in [0.15, 0.2) is 12.3 Å². The van der Waals surface area contributed by atoms with Crippen molar-refractivity contribution in [2.75, 3.05) is 6.61 Å². The van der Waals surface area contributed by atoms with Crippen LogP contribution in [-0.4, -0.2) is 11.6 Å². The average Bonchev–Trinajstić information content (AvgIpc) is 2.50. The van der Waals surface area contributed by atoms with E-state index < -0.39 is 0 Å². The number of rotatable bonds is 1. The molecule has 0 aliphatic carbocycles. The van der Waals surface area contributed by atoms with Gasteiger partial charge in [-0.1, -0.05) is 0 Å². The van der Waals surface area contributed by atoms with Crippen molar-refractivity contribution in [3.05, 3.63) is 23.5 Å². The Hall–Kier alpha value is -0.760. The summed E-state index contributed by atoms with van der Waals surface area (Å²) >= 11 is 5.63. The minimum absolute atomic E-state index is 0.504. The fourth-order valence-corrected chi connectivity index (χ4v) is 1.30. The van der Waals surface area contributed by atoms with Gasteiger partial charge in [0.05, 0.1) is 12.3 Å². The highest BCUT2D eigenvalue weighted by Gasteiger charge is 2.12. The Balaban J connectivity index is 2.41. The molecule has 1 aliphatic rings. The van der Waals surface area contributed by atoms with Crippen LogP contribution in [0.3, 0.4) is 0 Å².